The van der Waals surface area contributed by atoms with Gasteiger partial charge in [0.15, 0.2) is 0 Å². The van der Waals surface area contributed by atoms with Crippen LogP contribution in [0.15, 0.2) is 24.3 Å². The van der Waals surface area contributed by atoms with Crippen molar-refractivity contribution in [2.24, 2.45) is 0 Å². The molecule has 0 aliphatic heterocycles. The molecule has 0 heterocycles. The van der Waals surface area contributed by atoms with Crippen LogP contribution in [0.25, 0.3) is 0 Å². The summed E-state index contributed by atoms with van der Waals surface area (Å²) in [5.74, 6) is -2.61. The quantitative estimate of drug-likeness (QED) is 0.891. The van der Waals surface area contributed by atoms with E-state index in [0.29, 0.717) is 5.75 Å². The monoisotopic (exact) mass is 248 g/mol. The minimum Gasteiger partial charge on any atom is -0.497 e. The van der Waals surface area contributed by atoms with Crippen molar-refractivity contribution in [3.8, 4) is 5.75 Å². The Morgan fingerprint density at radius 3 is 2.24 bits per heavy atom. The predicted molar refractivity (Wildman–Crippen MR) is 54.0 cm³/mol. The molecule has 0 aromatic heterocycles. The van der Waals surface area contributed by atoms with Crippen molar-refractivity contribution >= 4 is 5.97 Å². The van der Waals surface area contributed by atoms with Gasteiger partial charge >= 0.3 is 12.1 Å². The van der Waals surface area contributed by atoms with Crippen LogP contribution in [0.1, 0.15) is 17.9 Å². The third kappa shape index (κ3) is 3.97. The number of benzene rings is 1. The Morgan fingerprint density at radius 2 is 1.88 bits per heavy atom. The van der Waals surface area contributed by atoms with E-state index in [1.54, 1.807) is 0 Å². The van der Waals surface area contributed by atoms with E-state index in [2.05, 4.69) is 0 Å². The topological polar surface area (TPSA) is 46.5 Å². The molecular formula is C11H11F3O3. The fourth-order valence-corrected chi connectivity index (χ4v) is 1.42. The smallest absolute Gasteiger partial charge is 0.390 e. The molecule has 0 aliphatic rings. The number of hydrogen-bond acceptors (Lipinski definition) is 2. The lowest BCUT2D eigenvalue weighted by molar-refractivity contribution is -0.157. The zero-order chi connectivity index (χ0) is 13.1. The summed E-state index contributed by atoms with van der Waals surface area (Å²) in [4.78, 5) is 10.8. The molecule has 3 nitrogen and oxygen atoms in total. The van der Waals surface area contributed by atoms with Gasteiger partial charge in [-0.2, -0.15) is 13.2 Å². The molecule has 0 aliphatic carbocycles. The summed E-state index contributed by atoms with van der Waals surface area (Å²) in [7, 11) is 1.42. The molecule has 6 heteroatoms. The van der Waals surface area contributed by atoms with Crippen molar-refractivity contribution in [3.05, 3.63) is 29.8 Å². The molecule has 0 bridgehead atoms. The Labute approximate surface area is 95.8 Å². The molecule has 0 amide bonds. The Balaban J connectivity index is 2.94. The standard InChI is InChI=1S/C11H11F3O3/c1-17-8-4-2-7(3-5-8)9(10(15)16)6-11(12,13)14/h2-5,9H,6H2,1H3,(H,15,16)/t9-/m1/s1. The van der Waals surface area contributed by atoms with E-state index in [0.717, 1.165) is 0 Å². The van der Waals surface area contributed by atoms with Crippen molar-refractivity contribution < 1.29 is 27.8 Å². The number of carbonyl (C=O) groups is 1. The summed E-state index contributed by atoms with van der Waals surface area (Å²) in [6.07, 6.45) is -5.89. The summed E-state index contributed by atoms with van der Waals surface area (Å²) >= 11 is 0. The number of halogens is 3. The second kappa shape index (κ2) is 5.07. The average Bonchev–Trinajstić information content (AvgIpc) is 2.25. The van der Waals surface area contributed by atoms with Crippen molar-refractivity contribution in [1.82, 2.24) is 0 Å². The van der Waals surface area contributed by atoms with Crippen LogP contribution in [0.4, 0.5) is 13.2 Å². The number of methoxy groups -OCH3 is 1. The third-order valence-corrected chi connectivity index (χ3v) is 2.25. The molecule has 1 aromatic rings. The molecule has 0 unspecified atom stereocenters. The van der Waals surface area contributed by atoms with Gasteiger partial charge < -0.3 is 9.84 Å². The molecule has 94 valence electrons. The Bertz CT molecular complexity index is 384. The minimum absolute atomic E-state index is 0.107. The first-order valence-electron chi connectivity index (χ1n) is 4.77. The summed E-state index contributed by atoms with van der Waals surface area (Å²) < 4.78 is 41.5. The third-order valence-electron chi connectivity index (χ3n) is 2.25. The molecular weight excluding hydrogens is 237 g/mol. The maximum Gasteiger partial charge on any atom is 0.390 e. The lowest BCUT2D eigenvalue weighted by Crippen LogP contribution is -2.20. The summed E-state index contributed by atoms with van der Waals surface area (Å²) in [5.41, 5.74) is 0.107. The van der Waals surface area contributed by atoms with Crippen LogP contribution < -0.4 is 4.74 Å². The number of alkyl halides is 3. The second-order valence-corrected chi connectivity index (χ2v) is 3.48. The van der Waals surface area contributed by atoms with Gasteiger partial charge in [0.25, 0.3) is 0 Å². The highest BCUT2D eigenvalue weighted by atomic mass is 19.4. The SMILES string of the molecule is COc1ccc([C@@H](CC(F)(F)F)C(=O)O)cc1. The van der Waals surface area contributed by atoms with Gasteiger partial charge in [-0.1, -0.05) is 12.1 Å². The lowest BCUT2D eigenvalue weighted by atomic mass is 9.95. The Hall–Kier alpha value is -1.72. The fraction of sp³-hybridized carbons (Fsp3) is 0.364. The highest BCUT2D eigenvalue weighted by molar-refractivity contribution is 5.76. The van der Waals surface area contributed by atoms with E-state index in [4.69, 9.17) is 9.84 Å². The number of aliphatic carboxylic acids is 1. The van der Waals surface area contributed by atoms with Gasteiger partial charge in [0, 0.05) is 0 Å². The van der Waals surface area contributed by atoms with Crippen molar-refractivity contribution in [3.63, 3.8) is 0 Å². The maximum absolute atomic E-state index is 12.2. The summed E-state index contributed by atoms with van der Waals surface area (Å²) in [6.45, 7) is 0. The van der Waals surface area contributed by atoms with Crippen molar-refractivity contribution in [1.29, 1.82) is 0 Å². The van der Waals surface area contributed by atoms with Crippen LogP contribution in [0.2, 0.25) is 0 Å². The number of hydrogen-bond donors (Lipinski definition) is 1. The molecule has 0 saturated carbocycles. The van der Waals surface area contributed by atoms with Gasteiger partial charge in [0.1, 0.15) is 5.75 Å². The van der Waals surface area contributed by atoms with Gasteiger partial charge in [-0.15, -0.1) is 0 Å². The highest BCUT2D eigenvalue weighted by Crippen LogP contribution is 2.32. The van der Waals surface area contributed by atoms with E-state index in [1.807, 2.05) is 0 Å². The van der Waals surface area contributed by atoms with Crippen molar-refractivity contribution in [2.45, 2.75) is 18.5 Å². The summed E-state index contributed by atoms with van der Waals surface area (Å²) in [6, 6.07) is 5.51. The lowest BCUT2D eigenvalue weighted by Gasteiger charge is -2.15. The minimum atomic E-state index is -4.51. The van der Waals surface area contributed by atoms with Crippen LogP contribution in [0, 0.1) is 0 Å². The number of rotatable bonds is 4. The van der Waals surface area contributed by atoms with Gasteiger partial charge in [-0.3, -0.25) is 4.79 Å². The van der Waals surface area contributed by atoms with Crippen LogP contribution in [-0.4, -0.2) is 24.4 Å². The molecule has 1 aromatic carbocycles. The van der Waals surface area contributed by atoms with Gasteiger partial charge in [-0.05, 0) is 17.7 Å². The van der Waals surface area contributed by atoms with E-state index >= 15 is 0 Å². The molecule has 1 rings (SSSR count). The van der Waals surface area contributed by atoms with E-state index in [9.17, 15) is 18.0 Å². The highest BCUT2D eigenvalue weighted by Gasteiger charge is 2.36. The largest absolute Gasteiger partial charge is 0.497 e. The average molecular weight is 248 g/mol. The second-order valence-electron chi connectivity index (χ2n) is 3.48. The molecule has 1 atom stereocenters. The van der Waals surface area contributed by atoms with Crippen LogP contribution in [0.3, 0.4) is 0 Å². The van der Waals surface area contributed by atoms with E-state index in [1.165, 1.54) is 31.4 Å². The van der Waals surface area contributed by atoms with Crippen molar-refractivity contribution in [2.75, 3.05) is 7.11 Å². The zero-order valence-corrected chi connectivity index (χ0v) is 8.99. The zero-order valence-electron chi connectivity index (χ0n) is 8.99. The van der Waals surface area contributed by atoms with Crippen LogP contribution in [0.5, 0.6) is 5.75 Å². The normalized spacial score (nSPS) is 13.2. The fourth-order valence-electron chi connectivity index (χ4n) is 1.42. The molecule has 0 radical (unpaired) electrons. The van der Waals surface area contributed by atoms with Gasteiger partial charge in [0.2, 0.25) is 0 Å². The maximum atomic E-state index is 12.2. The van der Waals surface area contributed by atoms with E-state index in [-0.39, 0.29) is 5.56 Å². The van der Waals surface area contributed by atoms with Crippen LogP contribution in [-0.2, 0) is 4.79 Å². The Kier molecular flexibility index (Phi) is 3.98. The molecule has 1 N–H and O–H groups in total. The molecule has 0 saturated heterocycles. The van der Waals surface area contributed by atoms with Gasteiger partial charge in [0.05, 0.1) is 19.4 Å². The number of carboxylic acids is 1. The van der Waals surface area contributed by atoms with Gasteiger partial charge in [-0.25, -0.2) is 0 Å². The molecule has 17 heavy (non-hydrogen) atoms. The van der Waals surface area contributed by atoms with Crippen LogP contribution >= 0.6 is 0 Å². The number of ether oxygens (including phenoxy) is 1. The molecule has 0 spiro atoms. The first-order chi connectivity index (χ1) is 7.83. The predicted octanol–water partition coefficient (Wildman–Crippen LogP) is 2.82. The first kappa shape index (κ1) is 13.3. The molecule has 0 fully saturated rings. The Morgan fingerprint density at radius 1 is 1.35 bits per heavy atom. The van der Waals surface area contributed by atoms with E-state index < -0.39 is 24.5 Å². The number of carboxylic acid groups (broad SMARTS) is 1. The summed E-state index contributed by atoms with van der Waals surface area (Å²) in [5, 5.41) is 8.79. The first-order valence-corrected chi connectivity index (χ1v) is 4.77.